The summed E-state index contributed by atoms with van der Waals surface area (Å²) in [6, 6.07) is 28.7. The summed E-state index contributed by atoms with van der Waals surface area (Å²) < 4.78 is 67.9. The van der Waals surface area contributed by atoms with Gasteiger partial charge in [-0.25, -0.2) is 18.3 Å². The number of nitrogens with zero attached hydrogens (tertiary/aromatic N) is 10. The summed E-state index contributed by atoms with van der Waals surface area (Å²) in [6.45, 7) is 0. The van der Waals surface area contributed by atoms with E-state index < -0.39 is 45.6 Å². The van der Waals surface area contributed by atoms with E-state index in [1.54, 1.807) is 10.6 Å². The van der Waals surface area contributed by atoms with Gasteiger partial charge < -0.3 is 29.9 Å². The molecule has 3 aromatic heterocycles. The summed E-state index contributed by atoms with van der Waals surface area (Å²) in [5.74, 6) is 0.127. The first-order valence-electron chi connectivity index (χ1n) is 19.2. The largest absolute Gasteiger partial charge is 0.549 e. The van der Waals surface area contributed by atoms with Crippen LogP contribution in [0.5, 0.6) is 11.5 Å². The van der Waals surface area contributed by atoms with Crippen LogP contribution in [0.2, 0.25) is 0 Å². The number of aliphatic hydroxyl groups is 2. The standard InChI is InChI=1S/C9H14N2O4P.C8H10NO6P.C7H8N2O.C7H7N2.C6H5NO3.C2H7O4P.3ClH.HN2PS/c1-11-7-5-4-6-9(11)8-10-15-16(12,13-2)14-3;10-5-16(14,6-11)15-8-3-1-7(2-4-8)9(12)13;1-9-5-3-2-4-7(9)6-8-10;1-9-5-3-2-4-7(9)6-8;8-6-3-1-5(2-4-6)7(9)10;1-5-7(3,4)6-2;;;;3-1-2-4/h4-8H,1-3H3;1-4,10-11H,5-6H2;2-6H,1H3;2-5H,1H3;1-4,8H;1-2H3,(H,3,4);3*1H;3H/q+1;;;+1;;;;;;/p+1/b10-8+;;;;;;;;;. The Labute approximate surface area is 457 Å². The van der Waals surface area contributed by atoms with E-state index in [2.05, 4.69) is 69.9 Å². The molecule has 5 aromatic rings. The fraction of sp³-hybridized carbons (Fsp3) is 0.231. The van der Waals surface area contributed by atoms with Crippen LogP contribution in [0.25, 0.3) is 0 Å². The number of benzene rings is 2. The number of aromatic nitrogens is 3. The van der Waals surface area contributed by atoms with Gasteiger partial charge in [0.15, 0.2) is 24.7 Å². The van der Waals surface area contributed by atoms with Gasteiger partial charge in [0.05, 0.1) is 22.3 Å². The van der Waals surface area contributed by atoms with Crippen LogP contribution in [0.15, 0.2) is 141 Å². The van der Waals surface area contributed by atoms with Crippen molar-refractivity contribution in [2.24, 2.45) is 40.8 Å². The molecule has 0 aliphatic heterocycles. The molecule has 0 aliphatic carbocycles. The molecule has 0 spiro atoms. The lowest BCUT2D eigenvalue weighted by Gasteiger charge is -2.14. The summed E-state index contributed by atoms with van der Waals surface area (Å²) in [7, 11) is 2.19. The number of phenols is 1. The first-order chi connectivity index (χ1) is 34.0. The number of aromatic hydroxyl groups is 1. The molecular weight excluding hydrogens is 1160 g/mol. The number of aryl methyl sites for hydroxylation is 3. The minimum Gasteiger partial charge on any atom is -0.508 e. The Balaban J connectivity index is -0.000000261. The second-order valence-electron chi connectivity index (χ2n) is 12.4. The zero-order chi connectivity index (χ0) is 55.2. The lowest BCUT2D eigenvalue weighted by Crippen LogP contribution is -2.32. The van der Waals surface area contributed by atoms with E-state index >= 15 is 0 Å². The average molecular weight is 1220 g/mol. The summed E-state index contributed by atoms with van der Waals surface area (Å²) in [4.78, 5) is 30.5. The third-order valence-corrected chi connectivity index (χ3v) is 11.5. The summed E-state index contributed by atoms with van der Waals surface area (Å²) >= 11 is 3.96. The number of nitro benzene ring substituents is 2. The highest BCUT2D eigenvalue weighted by atomic mass is 35.5. The molecule has 3 heterocycles. The molecule has 28 nitrogen and oxygen atoms in total. The SMILES string of the molecule is COP(=O)(O)OC.COP(=O)(OC)O/N=C/c1cccc[n+]1C.C[n+]1ccccc1/C=N/O.C[n+]1ccccc1C#N.Cl.Cl.Cl.O=[N+]([O-])c1ccc(O)cc1.O=[N+]([O-])c1ccc(OP(=O)(CO)CO)cc1.P=NN=S. The van der Waals surface area contributed by atoms with Crippen molar-refractivity contribution in [1.82, 2.24) is 0 Å². The van der Waals surface area contributed by atoms with Crippen LogP contribution in [0.3, 0.4) is 0 Å². The molecule has 0 amide bonds. The summed E-state index contributed by atoms with van der Waals surface area (Å²) in [5.41, 5.74) is 2.19. The highest BCUT2D eigenvalue weighted by Gasteiger charge is 2.24. The summed E-state index contributed by atoms with van der Waals surface area (Å²) in [5, 5.41) is 69.7. The van der Waals surface area contributed by atoms with Crippen molar-refractivity contribution >= 4 is 105 Å². The predicted molar refractivity (Wildman–Crippen MR) is 284 cm³/mol. The Bertz CT molecular complexity index is 2660. The van der Waals surface area contributed by atoms with Gasteiger partial charge in [0.25, 0.3) is 24.4 Å². The monoisotopic (exact) mass is 1210 g/mol. The summed E-state index contributed by atoms with van der Waals surface area (Å²) in [6.07, 6.45) is 6.81. The Morgan fingerprint density at radius 2 is 1.11 bits per heavy atom. The minimum absolute atomic E-state index is 0. The third-order valence-electron chi connectivity index (χ3n) is 7.64. The average Bonchev–Trinajstić information content (AvgIpc) is 3.39. The predicted octanol–water partition coefficient (Wildman–Crippen LogP) is 7.02. The number of hydrogen-bond donors (Lipinski definition) is 5. The van der Waals surface area contributed by atoms with Gasteiger partial charge in [-0.1, -0.05) is 14.8 Å². The molecule has 0 radical (unpaired) electrons. The number of non-ortho nitro benzene ring substituents is 2. The van der Waals surface area contributed by atoms with Crippen molar-refractivity contribution < 1.29 is 89.9 Å². The lowest BCUT2D eigenvalue weighted by molar-refractivity contribution is -0.674. The van der Waals surface area contributed by atoms with Crippen molar-refractivity contribution in [3.63, 3.8) is 0 Å². The fourth-order valence-electron chi connectivity index (χ4n) is 3.89. The van der Waals surface area contributed by atoms with Gasteiger partial charge in [-0.2, -0.15) is 9.83 Å². The number of aliphatic hydroxyl groups excluding tert-OH is 2. The Morgan fingerprint density at radius 1 is 0.707 bits per heavy atom. The molecular formula is C39H56Cl3N10O18P4S+3. The van der Waals surface area contributed by atoms with Crippen molar-refractivity contribution in [3.05, 3.63) is 159 Å². The first-order valence-corrected chi connectivity index (χ1v) is 25.0. The second-order valence-corrected chi connectivity index (χ2v) is 18.6. The molecule has 36 heteroatoms. The first kappa shape index (κ1) is 78.0. The number of phenolic OH excluding ortho intramolecular Hbond substituents is 1. The van der Waals surface area contributed by atoms with E-state index in [0.29, 0.717) is 5.69 Å². The van der Waals surface area contributed by atoms with E-state index in [0.717, 1.165) is 25.6 Å². The van der Waals surface area contributed by atoms with E-state index in [4.69, 9.17) is 35.2 Å². The molecule has 0 bridgehead atoms. The number of rotatable bonds is 15. The molecule has 5 N–H and O–H groups in total. The number of phosphoric acid groups is 2. The number of hydrogen-bond acceptors (Lipinski definition) is 21. The van der Waals surface area contributed by atoms with Gasteiger partial charge in [-0.3, -0.25) is 47.5 Å². The van der Waals surface area contributed by atoms with Crippen LogP contribution >= 0.6 is 69.3 Å². The molecule has 5 rings (SSSR count). The molecule has 0 fully saturated rings. The molecule has 0 saturated heterocycles. The van der Waals surface area contributed by atoms with Crippen LogP contribution in [0.4, 0.5) is 11.4 Å². The van der Waals surface area contributed by atoms with Gasteiger partial charge in [-0.15, -0.1) is 42.1 Å². The van der Waals surface area contributed by atoms with Gasteiger partial charge >= 0.3 is 15.6 Å². The number of nitriles is 1. The number of phosphoric ester groups is 2. The normalized spacial score (nSPS) is 9.93. The minimum atomic E-state index is -3.65. The van der Waals surface area contributed by atoms with E-state index in [1.165, 1.54) is 75.2 Å². The molecule has 0 aliphatic rings. The quantitative estimate of drug-likeness (QED) is 0.0175. The van der Waals surface area contributed by atoms with Gasteiger partial charge in [0.1, 0.15) is 57.8 Å². The van der Waals surface area contributed by atoms with Gasteiger partial charge in [-0.05, 0) is 42.5 Å². The topological polar surface area (TPSA) is 379 Å². The molecule has 0 saturated carbocycles. The van der Waals surface area contributed by atoms with Crippen LogP contribution in [-0.2, 0) is 70.0 Å². The maximum Gasteiger partial charge on any atom is 0.549 e. The second kappa shape index (κ2) is 44.4. The zero-order valence-corrected chi connectivity index (χ0v) is 47.6. The van der Waals surface area contributed by atoms with Gasteiger partial charge in [0, 0.05) is 98.1 Å². The molecule has 0 unspecified atom stereocenters. The third kappa shape index (κ3) is 35.9. The highest BCUT2D eigenvalue weighted by Crippen LogP contribution is 2.47. The van der Waals surface area contributed by atoms with E-state index in [9.17, 15) is 33.9 Å². The van der Waals surface area contributed by atoms with Crippen LogP contribution < -0.4 is 18.2 Å². The van der Waals surface area contributed by atoms with Crippen LogP contribution in [0, 0.1) is 31.6 Å². The zero-order valence-electron chi connectivity index (χ0n) is 40.6. The van der Waals surface area contributed by atoms with Gasteiger partial charge in [0.2, 0.25) is 11.4 Å². The molecule has 75 heavy (non-hydrogen) atoms. The Morgan fingerprint density at radius 3 is 1.41 bits per heavy atom. The van der Waals surface area contributed by atoms with Crippen molar-refractivity contribution in [2.45, 2.75) is 0 Å². The van der Waals surface area contributed by atoms with E-state index in [1.807, 2.05) is 97.4 Å². The molecule has 414 valence electrons. The van der Waals surface area contributed by atoms with Crippen LogP contribution in [0.1, 0.15) is 17.1 Å². The Hall–Kier alpha value is -5.88. The lowest BCUT2D eigenvalue weighted by atomic mass is 10.3. The maximum atomic E-state index is 11.5. The number of oxime groups is 2. The number of pyridine rings is 3. The number of halogens is 3. The fourth-order valence-corrected chi connectivity index (χ4v) is 5.19. The van der Waals surface area contributed by atoms with Crippen LogP contribution in [-0.4, -0.2) is 88.8 Å². The maximum absolute atomic E-state index is 11.5. The van der Waals surface area contributed by atoms with Crippen molar-refractivity contribution in [1.29, 1.82) is 5.26 Å². The number of nitro groups is 2. The van der Waals surface area contributed by atoms with Crippen molar-refractivity contribution in [2.75, 3.05) is 41.1 Å². The molecule has 0 atom stereocenters. The van der Waals surface area contributed by atoms with E-state index in [-0.39, 0.29) is 60.1 Å². The Kier molecular flexibility index (Phi) is 46.2. The molecule has 2 aromatic carbocycles. The highest BCUT2D eigenvalue weighted by molar-refractivity contribution is 7.58. The van der Waals surface area contributed by atoms with Crippen molar-refractivity contribution in [3.8, 4) is 17.6 Å². The smallest absolute Gasteiger partial charge is 0.508 e.